The molecule has 0 amide bonds. The molecule has 1 atom stereocenters. The molecule has 4 rings (SSSR count). The Bertz CT molecular complexity index is 1080. The van der Waals surface area contributed by atoms with E-state index in [1.807, 2.05) is 36.4 Å². The van der Waals surface area contributed by atoms with E-state index in [1.54, 1.807) is 36.4 Å². The van der Waals surface area contributed by atoms with Crippen LogP contribution in [0.3, 0.4) is 0 Å². The lowest BCUT2D eigenvalue weighted by atomic mass is 10.1. The van der Waals surface area contributed by atoms with Crippen LogP contribution in [0, 0.1) is 0 Å². The van der Waals surface area contributed by atoms with Gasteiger partial charge in [0.15, 0.2) is 0 Å². The first kappa shape index (κ1) is 20.8. The van der Waals surface area contributed by atoms with Crippen molar-refractivity contribution in [2.45, 2.75) is 11.0 Å². The molecule has 0 saturated carbocycles. The van der Waals surface area contributed by atoms with Crippen LogP contribution in [-0.4, -0.2) is 63.9 Å². The van der Waals surface area contributed by atoms with Crippen LogP contribution in [0.1, 0.15) is 0 Å². The molecule has 1 fully saturated rings. The van der Waals surface area contributed by atoms with E-state index in [0.29, 0.717) is 25.4 Å². The first-order valence-electron chi connectivity index (χ1n) is 10.1. The maximum absolute atomic E-state index is 13.6. The number of rotatable bonds is 7. The smallest absolute Gasteiger partial charge is 0.264 e. The summed E-state index contributed by atoms with van der Waals surface area (Å²) >= 11 is 0. The van der Waals surface area contributed by atoms with Crippen molar-refractivity contribution in [3.05, 3.63) is 72.8 Å². The number of sulfonamides is 1. The summed E-state index contributed by atoms with van der Waals surface area (Å²) in [6.07, 6.45) is -0.833. The molecule has 1 aliphatic rings. The van der Waals surface area contributed by atoms with Gasteiger partial charge in [0.05, 0.1) is 36.4 Å². The zero-order valence-corrected chi connectivity index (χ0v) is 17.5. The van der Waals surface area contributed by atoms with Gasteiger partial charge in [-0.25, -0.2) is 8.42 Å². The normalized spacial score (nSPS) is 16.4. The van der Waals surface area contributed by atoms with Crippen LogP contribution in [0.4, 0.5) is 5.69 Å². The van der Waals surface area contributed by atoms with Crippen LogP contribution in [-0.2, 0) is 14.8 Å². The largest absolute Gasteiger partial charge is 0.390 e. The predicted molar refractivity (Wildman–Crippen MR) is 118 cm³/mol. The Balaban J connectivity index is 1.71. The second-order valence-corrected chi connectivity index (χ2v) is 9.28. The highest BCUT2D eigenvalue weighted by Crippen LogP contribution is 2.31. The van der Waals surface area contributed by atoms with Crippen molar-refractivity contribution in [2.75, 3.05) is 43.7 Å². The Morgan fingerprint density at radius 3 is 2.37 bits per heavy atom. The minimum atomic E-state index is -3.85. The number of benzene rings is 3. The van der Waals surface area contributed by atoms with Gasteiger partial charge in [0, 0.05) is 25.0 Å². The number of ether oxygens (including phenoxy) is 1. The molecule has 1 heterocycles. The number of hydrogen-bond donors (Lipinski definition) is 1. The van der Waals surface area contributed by atoms with Crippen molar-refractivity contribution < 1.29 is 18.3 Å². The minimum absolute atomic E-state index is 0.0252. The van der Waals surface area contributed by atoms with Gasteiger partial charge in [0.25, 0.3) is 10.0 Å². The molecule has 6 nitrogen and oxygen atoms in total. The molecule has 0 spiro atoms. The van der Waals surface area contributed by atoms with Gasteiger partial charge in [-0.15, -0.1) is 0 Å². The lowest BCUT2D eigenvalue weighted by Gasteiger charge is -2.32. The van der Waals surface area contributed by atoms with Crippen molar-refractivity contribution >= 4 is 26.5 Å². The Kier molecular flexibility index (Phi) is 6.34. The van der Waals surface area contributed by atoms with Crippen LogP contribution in [0.15, 0.2) is 77.7 Å². The van der Waals surface area contributed by atoms with Crippen LogP contribution in [0.25, 0.3) is 10.8 Å². The minimum Gasteiger partial charge on any atom is -0.390 e. The molecule has 30 heavy (non-hydrogen) atoms. The Labute approximate surface area is 177 Å². The number of nitrogens with zero attached hydrogens (tertiary/aromatic N) is 2. The highest BCUT2D eigenvalue weighted by atomic mass is 32.2. The van der Waals surface area contributed by atoms with E-state index >= 15 is 0 Å². The van der Waals surface area contributed by atoms with Crippen molar-refractivity contribution in [3.8, 4) is 0 Å². The molecule has 7 heteroatoms. The second kappa shape index (κ2) is 9.14. The summed E-state index contributed by atoms with van der Waals surface area (Å²) in [5.74, 6) is 0. The first-order chi connectivity index (χ1) is 14.6. The summed E-state index contributed by atoms with van der Waals surface area (Å²) < 4.78 is 33.9. The number of morpholine rings is 1. The summed E-state index contributed by atoms with van der Waals surface area (Å²) in [5.41, 5.74) is 0.568. The zero-order valence-electron chi connectivity index (χ0n) is 16.7. The number of anilines is 1. The molecular weight excluding hydrogens is 400 g/mol. The molecule has 1 unspecified atom stereocenters. The van der Waals surface area contributed by atoms with Crippen LogP contribution in [0.5, 0.6) is 0 Å². The first-order valence-corrected chi connectivity index (χ1v) is 11.5. The van der Waals surface area contributed by atoms with Gasteiger partial charge in [0.2, 0.25) is 0 Å². The third-order valence-electron chi connectivity index (χ3n) is 5.32. The Morgan fingerprint density at radius 2 is 1.60 bits per heavy atom. The number of aliphatic hydroxyl groups excluding tert-OH is 1. The fourth-order valence-corrected chi connectivity index (χ4v) is 5.34. The second-order valence-electron chi connectivity index (χ2n) is 7.41. The molecular formula is C23H26N2O4S. The summed E-state index contributed by atoms with van der Waals surface area (Å²) in [6, 6.07) is 21.6. The van der Waals surface area contributed by atoms with E-state index in [1.165, 1.54) is 4.31 Å². The number of β-amino-alcohol motifs (C(OH)–C–C–N with tert-alkyl or cyclic N) is 1. The SMILES string of the molecule is O=S(=O)(c1ccccc1)N(CC(O)CN1CCOCC1)c1cccc2ccccc12. The average Bonchev–Trinajstić information content (AvgIpc) is 2.78. The van der Waals surface area contributed by atoms with E-state index in [9.17, 15) is 13.5 Å². The lowest BCUT2D eigenvalue weighted by molar-refractivity contribution is 0.0166. The van der Waals surface area contributed by atoms with E-state index in [-0.39, 0.29) is 11.4 Å². The lowest BCUT2D eigenvalue weighted by Crippen LogP contribution is -2.46. The summed E-state index contributed by atoms with van der Waals surface area (Å²) in [4.78, 5) is 2.31. The topological polar surface area (TPSA) is 70.1 Å². The highest BCUT2D eigenvalue weighted by molar-refractivity contribution is 7.92. The van der Waals surface area contributed by atoms with Gasteiger partial charge in [-0.2, -0.15) is 0 Å². The fraction of sp³-hybridized carbons (Fsp3) is 0.304. The number of hydrogen-bond acceptors (Lipinski definition) is 5. The quantitative estimate of drug-likeness (QED) is 0.629. The van der Waals surface area contributed by atoms with Crippen molar-refractivity contribution in [3.63, 3.8) is 0 Å². The highest BCUT2D eigenvalue weighted by Gasteiger charge is 2.29. The van der Waals surface area contributed by atoms with Gasteiger partial charge >= 0.3 is 0 Å². The average molecular weight is 427 g/mol. The standard InChI is InChI=1S/C23H26N2O4S/c26-20(17-24-13-15-29-16-14-24)18-25(30(27,28)21-9-2-1-3-10-21)23-12-6-8-19-7-4-5-11-22(19)23/h1-12,20,26H,13-18H2. The third kappa shape index (κ3) is 4.49. The van der Waals surface area contributed by atoms with E-state index in [2.05, 4.69) is 4.90 Å². The maximum atomic E-state index is 13.6. The van der Waals surface area contributed by atoms with Gasteiger partial charge in [-0.3, -0.25) is 9.21 Å². The molecule has 1 aliphatic heterocycles. The van der Waals surface area contributed by atoms with Crippen molar-refractivity contribution in [2.24, 2.45) is 0 Å². The summed E-state index contributed by atoms with van der Waals surface area (Å²) in [5, 5.41) is 12.6. The third-order valence-corrected chi connectivity index (χ3v) is 7.11. The van der Waals surface area contributed by atoms with E-state index in [0.717, 1.165) is 23.9 Å². The number of aliphatic hydroxyl groups is 1. The van der Waals surface area contributed by atoms with Gasteiger partial charge in [-0.05, 0) is 23.6 Å². The molecule has 0 aromatic heterocycles. The van der Waals surface area contributed by atoms with Crippen molar-refractivity contribution in [1.29, 1.82) is 0 Å². The van der Waals surface area contributed by atoms with Gasteiger partial charge in [0.1, 0.15) is 0 Å². The molecule has 0 bridgehead atoms. The van der Waals surface area contributed by atoms with Crippen LogP contribution >= 0.6 is 0 Å². The maximum Gasteiger partial charge on any atom is 0.264 e. The van der Waals surface area contributed by atoms with E-state index < -0.39 is 16.1 Å². The molecule has 158 valence electrons. The van der Waals surface area contributed by atoms with Crippen LogP contribution < -0.4 is 4.31 Å². The monoisotopic (exact) mass is 426 g/mol. The van der Waals surface area contributed by atoms with Gasteiger partial charge < -0.3 is 9.84 Å². The molecule has 3 aromatic rings. The molecule has 0 aliphatic carbocycles. The van der Waals surface area contributed by atoms with Crippen LogP contribution in [0.2, 0.25) is 0 Å². The zero-order chi connectivity index (χ0) is 21.0. The molecule has 3 aromatic carbocycles. The fourth-order valence-electron chi connectivity index (χ4n) is 3.80. The predicted octanol–water partition coefficient (Wildman–Crippen LogP) is 2.73. The molecule has 0 radical (unpaired) electrons. The summed E-state index contributed by atoms with van der Waals surface area (Å²) in [6.45, 7) is 3.09. The Morgan fingerprint density at radius 1 is 0.933 bits per heavy atom. The van der Waals surface area contributed by atoms with Gasteiger partial charge in [-0.1, -0.05) is 54.6 Å². The van der Waals surface area contributed by atoms with Crippen molar-refractivity contribution in [1.82, 2.24) is 4.90 Å². The summed E-state index contributed by atoms with van der Waals surface area (Å²) in [7, 11) is -3.85. The Hall–Kier alpha value is -2.45. The van der Waals surface area contributed by atoms with E-state index in [4.69, 9.17) is 4.74 Å². The molecule has 1 N–H and O–H groups in total. The molecule has 1 saturated heterocycles. The number of fused-ring (bicyclic) bond motifs is 1.